The minimum absolute atomic E-state index is 0.748. The van der Waals surface area contributed by atoms with Gasteiger partial charge in [-0.2, -0.15) is 0 Å². The molecule has 0 radical (unpaired) electrons. The molecule has 0 spiro atoms. The van der Waals surface area contributed by atoms with Gasteiger partial charge in [-0.1, -0.05) is 26.7 Å². The molecule has 0 aliphatic carbocycles. The van der Waals surface area contributed by atoms with Crippen molar-refractivity contribution < 1.29 is 0 Å². The fraction of sp³-hybridized carbons (Fsp3) is 1.00. The average Bonchev–Trinajstić information content (AvgIpc) is 2.50. The summed E-state index contributed by atoms with van der Waals surface area (Å²) in [7, 11) is 2.07. The lowest BCUT2D eigenvalue weighted by Crippen LogP contribution is -2.46. The van der Waals surface area contributed by atoms with Crippen LogP contribution in [0.4, 0.5) is 0 Å². The standard InChI is InChI=1S/C13H28N2/c1-4-12-9-7-6-8-10-15(12)13(5-2)11-14-3/h12-14H,4-11H2,1-3H3. The van der Waals surface area contributed by atoms with E-state index in [0.29, 0.717) is 0 Å². The molecule has 0 saturated carbocycles. The van der Waals surface area contributed by atoms with Crippen LogP contribution in [0.3, 0.4) is 0 Å². The molecule has 1 heterocycles. The molecule has 2 heteroatoms. The van der Waals surface area contributed by atoms with Gasteiger partial charge >= 0.3 is 0 Å². The molecular formula is C13H28N2. The van der Waals surface area contributed by atoms with Gasteiger partial charge in [0, 0.05) is 18.6 Å². The van der Waals surface area contributed by atoms with Crippen LogP contribution in [-0.2, 0) is 0 Å². The number of rotatable bonds is 5. The molecule has 2 unspecified atom stereocenters. The van der Waals surface area contributed by atoms with Crippen LogP contribution >= 0.6 is 0 Å². The number of likely N-dealkylation sites (N-methyl/N-ethyl adjacent to an activating group) is 1. The maximum Gasteiger partial charge on any atom is 0.0220 e. The molecule has 1 N–H and O–H groups in total. The molecule has 90 valence electrons. The zero-order valence-corrected chi connectivity index (χ0v) is 10.8. The molecule has 1 saturated heterocycles. The highest BCUT2D eigenvalue weighted by molar-refractivity contribution is 4.81. The first-order chi connectivity index (χ1) is 7.33. The van der Waals surface area contributed by atoms with Crippen LogP contribution in [0.25, 0.3) is 0 Å². The third kappa shape index (κ3) is 3.76. The Balaban J connectivity index is 2.58. The van der Waals surface area contributed by atoms with Crippen LogP contribution in [0, 0.1) is 0 Å². The quantitative estimate of drug-likeness (QED) is 0.753. The van der Waals surface area contributed by atoms with Crippen LogP contribution in [0.5, 0.6) is 0 Å². The highest BCUT2D eigenvalue weighted by atomic mass is 15.2. The lowest BCUT2D eigenvalue weighted by molar-refractivity contribution is 0.128. The number of nitrogens with zero attached hydrogens (tertiary/aromatic N) is 1. The third-order valence-electron chi connectivity index (χ3n) is 3.77. The second kappa shape index (κ2) is 7.24. The molecular weight excluding hydrogens is 184 g/mol. The predicted octanol–water partition coefficient (Wildman–Crippen LogP) is 2.64. The summed E-state index contributed by atoms with van der Waals surface area (Å²) in [4.78, 5) is 2.77. The molecule has 0 amide bonds. The Morgan fingerprint density at radius 3 is 2.67 bits per heavy atom. The maximum absolute atomic E-state index is 3.34. The van der Waals surface area contributed by atoms with Crippen molar-refractivity contribution in [3.63, 3.8) is 0 Å². The summed E-state index contributed by atoms with van der Waals surface area (Å²) in [5.74, 6) is 0. The van der Waals surface area contributed by atoms with E-state index in [9.17, 15) is 0 Å². The van der Waals surface area contributed by atoms with Crippen molar-refractivity contribution in [1.82, 2.24) is 10.2 Å². The van der Waals surface area contributed by atoms with E-state index < -0.39 is 0 Å². The summed E-state index contributed by atoms with van der Waals surface area (Å²) in [5, 5.41) is 3.34. The third-order valence-corrected chi connectivity index (χ3v) is 3.77. The van der Waals surface area contributed by atoms with Crippen LogP contribution in [0.15, 0.2) is 0 Å². The Hall–Kier alpha value is -0.0800. The molecule has 0 bridgehead atoms. The number of likely N-dealkylation sites (tertiary alicyclic amines) is 1. The highest BCUT2D eigenvalue weighted by Crippen LogP contribution is 2.22. The van der Waals surface area contributed by atoms with E-state index in [2.05, 4.69) is 31.1 Å². The topological polar surface area (TPSA) is 15.3 Å². The highest BCUT2D eigenvalue weighted by Gasteiger charge is 2.24. The lowest BCUT2D eigenvalue weighted by Gasteiger charge is -2.36. The van der Waals surface area contributed by atoms with Crippen molar-refractivity contribution in [2.24, 2.45) is 0 Å². The van der Waals surface area contributed by atoms with Crippen LogP contribution in [0.2, 0.25) is 0 Å². The molecule has 0 aromatic carbocycles. The van der Waals surface area contributed by atoms with Gasteiger partial charge in [-0.05, 0) is 39.3 Å². The van der Waals surface area contributed by atoms with Crippen molar-refractivity contribution in [3.8, 4) is 0 Å². The Kier molecular flexibility index (Phi) is 6.26. The predicted molar refractivity (Wildman–Crippen MR) is 67.3 cm³/mol. The summed E-state index contributed by atoms with van der Waals surface area (Å²) in [5.41, 5.74) is 0. The number of hydrogen-bond donors (Lipinski definition) is 1. The van der Waals surface area contributed by atoms with Crippen molar-refractivity contribution in [3.05, 3.63) is 0 Å². The van der Waals surface area contributed by atoms with Crippen molar-refractivity contribution >= 4 is 0 Å². The zero-order valence-electron chi connectivity index (χ0n) is 10.8. The van der Waals surface area contributed by atoms with Crippen molar-refractivity contribution in [2.45, 2.75) is 64.5 Å². The molecule has 0 aromatic rings. The Bertz CT molecular complexity index is 159. The SMILES string of the molecule is CCC1CCCCCN1C(CC)CNC. The summed E-state index contributed by atoms with van der Waals surface area (Å²) in [6, 6.07) is 1.59. The Morgan fingerprint density at radius 1 is 1.27 bits per heavy atom. The number of hydrogen-bond acceptors (Lipinski definition) is 2. The molecule has 2 nitrogen and oxygen atoms in total. The van der Waals surface area contributed by atoms with Gasteiger partial charge in [-0.15, -0.1) is 0 Å². The van der Waals surface area contributed by atoms with E-state index in [1.54, 1.807) is 0 Å². The Labute approximate surface area is 95.4 Å². The number of nitrogens with one attached hydrogen (secondary N) is 1. The largest absolute Gasteiger partial charge is 0.318 e. The first-order valence-electron chi connectivity index (χ1n) is 6.73. The molecule has 0 aromatic heterocycles. The summed E-state index contributed by atoms with van der Waals surface area (Å²) in [6.07, 6.45) is 8.28. The second-order valence-corrected chi connectivity index (χ2v) is 4.77. The van der Waals surface area contributed by atoms with Gasteiger partial charge in [0.2, 0.25) is 0 Å². The average molecular weight is 212 g/mol. The van der Waals surface area contributed by atoms with Crippen molar-refractivity contribution in [1.29, 1.82) is 0 Å². The summed E-state index contributed by atoms with van der Waals surface area (Å²) < 4.78 is 0. The van der Waals surface area contributed by atoms with E-state index in [-0.39, 0.29) is 0 Å². The zero-order chi connectivity index (χ0) is 11.1. The molecule has 1 rings (SSSR count). The van der Waals surface area contributed by atoms with E-state index in [0.717, 1.165) is 18.6 Å². The fourth-order valence-corrected chi connectivity index (χ4v) is 2.85. The molecule has 1 fully saturated rings. The van der Waals surface area contributed by atoms with Crippen LogP contribution in [0.1, 0.15) is 52.4 Å². The summed E-state index contributed by atoms with van der Waals surface area (Å²) in [6.45, 7) is 7.13. The normalized spacial score (nSPS) is 26.2. The fourth-order valence-electron chi connectivity index (χ4n) is 2.85. The maximum atomic E-state index is 3.34. The van der Waals surface area contributed by atoms with Gasteiger partial charge in [-0.3, -0.25) is 4.90 Å². The van der Waals surface area contributed by atoms with Gasteiger partial charge in [0.15, 0.2) is 0 Å². The smallest absolute Gasteiger partial charge is 0.0220 e. The second-order valence-electron chi connectivity index (χ2n) is 4.77. The van der Waals surface area contributed by atoms with Crippen molar-refractivity contribution in [2.75, 3.05) is 20.1 Å². The van der Waals surface area contributed by atoms with Crippen LogP contribution in [-0.4, -0.2) is 37.1 Å². The minimum Gasteiger partial charge on any atom is -0.318 e. The van der Waals surface area contributed by atoms with E-state index in [4.69, 9.17) is 0 Å². The van der Waals surface area contributed by atoms with E-state index in [1.807, 2.05) is 0 Å². The molecule has 1 aliphatic heterocycles. The Morgan fingerprint density at radius 2 is 2.07 bits per heavy atom. The molecule has 2 atom stereocenters. The first kappa shape index (κ1) is 13.0. The minimum atomic E-state index is 0.748. The monoisotopic (exact) mass is 212 g/mol. The molecule has 1 aliphatic rings. The first-order valence-corrected chi connectivity index (χ1v) is 6.73. The van der Waals surface area contributed by atoms with E-state index in [1.165, 1.54) is 45.1 Å². The van der Waals surface area contributed by atoms with Gasteiger partial charge in [0.25, 0.3) is 0 Å². The lowest BCUT2D eigenvalue weighted by atomic mass is 10.0. The van der Waals surface area contributed by atoms with Crippen LogP contribution < -0.4 is 5.32 Å². The summed E-state index contributed by atoms with van der Waals surface area (Å²) >= 11 is 0. The van der Waals surface area contributed by atoms with E-state index >= 15 is 0 Å². The van der Waals surface area contributed by atoms with Gasteiger partial charge in [0.05, 0.1) is 0 Å². The van der Waals surface area contributed by atoms with Gasteiger partial charge in [-0.25, -0.2) is 0 Å². The van der Waals surface area contributed by atoms with Gasteiger partial charge < -0.3 is 5.32 Å². The molecule has 15 heavy (non-hydrogen) atoms. The van der Waals surface area contributed by atoms with Gasteiger partial charge in [0.1, 0.15) is 0 Å².